The van der Waals surface area contributed by atoms with Crippen molar-refractivity contribution in [1.82, 2.24) is 19.9 Å². The Morgan fingerprint density at radius 2 is 1.83 bits per heavy atom. The molecule has 1 aromatic carbocycles. The molecule has 0 spiro atoms. The first kappa shape index (κ1) is 13.8. The van der Waals surface area contributed by atoms with E-state index in [-0.39, 0.29) is 5.91 Å². The Labute approximate surface area is 133 Å². The molecule has 4 bridgehead atoms. The summed E-state index contributed by atoms with van der Waals surface area (Å²) in [5.41, 5.74) is 3.23. The Hall–Kier alpha value is -2.89. The molecule has 0 saturated carbocycles. The fraction of sp³-hybridized carbons (Fsp3) is 0.235. The first-order chi connectivity index (χ1) is 11.3. The third-order valence-electron chi connectivity index (χ3n) is 3.98. The van der Waals surface area contributed by atoms with Crippen LogP contribution in [0.25, 0.3) is 16.9 Å². The Balaban J connectivity index is 1.87. The van der Waals surface area contributed by atoms with Crippen molar-refractivity contribution in [2.75, 3.05) is 18.4 Å². The number of nitrogens with zero attached hydrogens (tertiary/aromatic N) is 3. The molecule has 0 atom stereocenters. The van der Waals surface area contributed by atoms with Gasteiger partial charge < -0.3 is 10.6 Å². The van der Waals surface area contributed by atoms with E-state index >= 15 is 0 Å². The number of rotatable bonds is 0. The number of fused-ring (bicyclic) bond motifs is 4. The van der Waals surface area contributed by atoms with E-state index < -0.39 is 0 Å². The number of imidazole rings is 1. The number of carbonyl (C=O) groups is 1. The van der Waals surface area contributed by atoms with Crippen LogP contribution in [0.5, 0.6) is 0 Å². The third kappa shape index (κ3) is 2.63. The van der Waals surface area contributed by atoms with E-state index in [1.165, 1.54) is 0 Å². The van der Waals surface area contributed by atoms with Crippen LogP contribution in [0.1, 0.15) is 23.2 Å². The molecule has 0 radical (unpaired) electrons. The van der Waals surface area contributed by atoms with Crippen molar-refractivity contribution in [2.24, 2.45) is 0 Å². The van der Waals surface area contributed by atoms with Gasteiger partial charge in [0.25, 0.3) is 5.91 Å². The van der Waals surface area contributed by atoms with Crippen molar-refractivity contribution in [3.05, 3.63) is 48.2 Å². The summed E-state index contributed by atoms with van der Waals surface area (Å²) >= 11 is 0. The molecule has 0 fully saturated rings. The molecule has 6 heteroatoms. The molecule has 116 valence electrons. The van der Waals surface area contributed by atoms with Gasteiger partial charge in [0.2, 0.25) is 0 Å². The summed E-state index contributed by atoms with van der Waals surface area (Å²) in [5.74, 6) is 0.785. The maximum absolute atomic E-state index is 12.2. The van der Waals surface area contributed by atoms with Crippen molar-refractivity contribution in [3.8, 4) is 11.3 Å². The van der Waals surface area contributed by atoms with Crippen molar-refractivity contribution >= 4 is 17.4 Å². The molecule has 0 saturated heterocycles. The largest absolute Gasteiger partial charge is 0.369 e. The highest BCUT2D eigenvalue weighted by Gasteiger charge is 2.12. The van der Waals surface area contributed by atoms with Gasteiger partial charge in [-0.1, -0.05) is 12.1 Å². The lowest BCUT2D eigenvalue weighted by Crippen LogP contribution is -2.25. The second-order valence-electron chi connectivity index (χ2n) is 5.60. The molecule has 1 aliphatic heterocycles. The molecular weight excluding hydrogens is 290 g/mol. The fourth-order valence-corrected chi connectivity index (χ4v) is 2.75. The van der Waals surface area contributed by atoms with Crippen LogP contribution in [0, 0.1) is 0 Å². The minimum absolute atomic E-state index is 0.0423. The Kier molecular flexibility index (Phi) is 3.42. The second kappa shape index (κ2) is 5.72. The summed E-state index contributed by atoms with van der Waals surface area (Å²) in [7, 11) is 0. The van der Waals surface area contributed by atoms with Gasteiger partial charge in [0.1, 0.15) is 5.82 Å². The van der Waals surface area contributed by atoms with Crippen LogP contribution in [0.15, 0.2) is 42.6 Å². The van der Waals surface area contributed by atoms with Gasteiger partial charge in [-0.2, -0.15) is 0 Å². The lowest BCUT2D eigenvalue weighted by molar-refractivity contribution is 0.0953. The molecule has 6 nitrogen and oxygen atoms in total. The summed E-state index contributed by atoms with van der Waals surface area (Å²) in [6.45, 7) is 1.50. The number of benzene rings is 1. The summed E-state index contributed by atoms with van der Waals surface area (Å²) in [6.07, 6.45) is 3.68. The number of amides is 1. The molecule has 2 N–H and O–H groups in total. The number of hydrogen-bond acceptors (Lipinski definition) is 4. The third-order valence-corrected chi connectivity index (χ3v) is 3.98. The summed E-state index contributed by atoms with van der Waals surface area (Å²) in [5, 5.41) is 10.9. The van der Waals surface area contributed by atoms with Crippen molar-refractivity contribution in [1.29, 1.82) is 0 Å². The molecule has 1 aliphatic rings. The standard InChI is InChI=1S/C17H17N5O/c23-17-13-5-3-4-12(10-13)14-11-20-16-7-6-15(21-22(14)16)18-8-1-2-9-19-17/h3-7,10-11H,1-2,8-9H2,(H,18,21)(H,19,23). The molecular formula is C17H17N5O. The number of aromatic nitrogens is 3. The van der Waals surface area contributed by atoms with Gasteiger partial charge in [0, 0.05) is 24.2 Å². The summed E-state index contributed by atoms with van der Waals surface area (Å²) in [4.78, 5) is 16.6. The van der Waals surface area contributed by atoms with Gasteiger partial charge in [-0.3, -0.25) is 4.79 Å². The van der Waals surface area contributed by atoms with Gasteiger partial charge in [0.05, 0.1) is 11.9 Å². The summed E-state index contributed by atoms with van der Waals surface area (Å²) < 4.78 is 1.81. The predicted octanol–water partition coefficient (Wildman–Crippen LogP) is 2.33. The average Bonchev–Trinajstić information content (AvgIpc) is 3.00. The minimum atomic E-state index is -0.0423. The number of anilines is 1. The molecule has 2 aromatic heterocycles. The first-order valence-electron chi connectivity index (χ1n) is 7.78. The van der Waals surface area contributed by atoms with Gasteiger partial charge in [-0.15, -0.1) is 5.10 Å². The van der Waals surface area contributed by atoms with Crippen LogP contribution < -0.4 is 10.6 Å². The zero-order valence-electron chi connectivity index (χ0n) is 12.6. The minimum Gasteiger partial charge on any atom is -0.369 e. The van der Waals surface area contributed by atoms with Crippen LogP contribution in [-0.4, -0.2) is 33.6 Å². The average molecular weight is 307 g/mol. The van der Waals surface area contributed by atoms with Crippen LogP contribution >= 0.6 is 0 Å². The Bertz CT molecular complexity index is 870. The van der Waals surface area contributed by atoms with Crippen LogP contribution in [0.4, 0.5) is 5.82 Å². The fourth-order valence-electron chi connectivity index (χ4n) is 2.75. The molecule has 0 unspecified atom stereocenters. The van der Waals surface area contributed by atoms with E-state index in [4.69, 9.17) is 0 Å². The molecule has 1 amide bonds. The van der Waals surface area contributed by atoms with E-state index in [1.807, 2.05) is 40.9 Å². The second-order valence-corrected chi connectivity index (χ2v) is 5.60. The summed E-state index contributed by atoms with van der Waals surface area (Å²) in [6, 6.07) is 11.4. The van der Waals surface area contributed by atoms with Crippen molar-refractivity contribution < 1.29 is 4.79 Å². The number of hydrogen-bond donors (Lipinski definition) is 2. The smallest absolute Gasteiger partial charge is 0.251 e. The van der Waals surface area contributed by atoms with E-state index in [9.17, 15) is 4.79 Å². The molecule has 3 heterocycles. The topological polar surface area (TPSA) is 71.3 Å². The van der Waals surface area contributed by atoms with Crippen LogP contribution in [0.2, 0.25) is 0 Å². The monoisotopic (exact) mass is 307 g/mol. The van der Waals surface area contributed by atoms with E-state index in [1.54, 1.807) is 6.20 Å². The highest BCUT2D eigenvalue weighted by molar-refractivity contribution is 5.95. The first-order valence-corrected chi connectivity index (χ1v) is 7.78. The predicted molar refractivity (Wildman–Crippen MR) is 88.5 cm³/mol. The van der Waals surface area contributed by atoms with Crippen molar-refractivity contribution in [2.45, 2.75) is 12.8 Å². The highest BCUT2D eigenvalue weighted by Crippen LogP contribution is 2.22. The van der Waals surface area contributed by atoms with Gasteiger partial charge in [-0.05, 0) is 37.1 Å². The zero-order chi connectivity index (χ0) is 15.6. The quantitative estimate of drug-likeness (QED) is 0.669. The lowest BCUT2D eigenvalue weighted by atomic mass is 10.1. The van der Waals surface area contributed by atoms with Gasteiger partial charge >= 0.3 is 0 Å². The SMILES string of the molecule is O=C1NCCCCNc2ccc3ncc(n3n2)-c2cccc1c2. The maximum atomic E-state index is 12.2. The van der Waals surface area contributed by atoms with E-state index in [0.29, 0.717) is 12.1 Å². The Morgan fingerprint density at radius 1 is 1.00 bits per heavy atom. The van der Waals surface area contributed by atoms with Crippen LogP contribution in [-0.2, 0) is 0 Å². The Morgan fingerprint density at radius 3 is 2.74 bits per heavy atom. The zero-order valence-corrected chi connectivity index (χ0v) is 12.6. The highest BCUT2D eigenvalue weighted by atomic mass is 16.1. The number of carbonyl (C=O) groups excluding carboxylic acids is 1. The molecule has 4 rings (SSSR count). The normalized spacial score (nSPS) is 15.0. The molecule has 23 heavy (non-hydrogen) atoms. The lowest BCUT2D eigenvalue weighted by Gasteiger charge is -2.10. The maximum Gasteiger partial charge on any atom is 0.251 e. The van der Waals surface area contributed by atoms with E-state index in [0.717, 1.165) is 42.1 Å². The van der Waals surface area contributed by atoms with Crippen LogP contribution in [0.3, 0.4) is 0 Å². The van der Waals surface area contributed by atoms with Gasteiger partial charge in [0.15, 0.2) is 5.65 Å². The number of nitrogens with one attached hydrogen (secondary N) is 2. The van der Waals surface area contributed by atoms with Crippen molar-refractivity contribution in [3.63, 3.8) is 0 Å². The molecule has 0 aliphatic carbocycles. The molecule has 3 aromatic rings. The van der Waals surface area contributed by atoms with Gasteiger partial charge in [-0.25, -0.2) is 9.50 Å². The van der Waals surface area contributed by atoms with E-state index in [2.05, 4.69) is 20.7 Å².